The van der Waals surface area contributed by atoms with E-state index >= 15 is 0 Å². The van der Waals surface area contributed by atoms with Crippen molar-refractivity contribution in [2.45, 2.75) is 18.8 Å². The first-order chi connectivity index (χ1) is 10.0. The summed E-state index contributed by atoms with van der Waals surface area (Å²) < 4.78 is 40.5. The molecule has 0 saturated heterocycles. The maximum atomic E-state index is 13.4. The molecule has 0 amide bonds. The third-order valence-corrected chi connectivity index (χ3v) is 4.10. The van der Waals surface area contributed by atoms with Crippen LogP contribution < -0.4 is 5.32 Å². The number of aromatic nitrogens is 2. The number of hydrogen-bond acceptors (Lipinski definition) is 3. The van der Waals surface area contributed by atoms with E-state index in [0.717, 1.165) is 35.1 Å². The largest absolute Gasteiger partial charge is 0.372 e. The molecule has 1 aromatic heterocycles. The van der Waals surface area contributed by atoms with Gasteiger partial charge in [0.15, 0.2) is 23.3 Å². The van der Waals surface area contributed by atoms with Crippen LogP contribution in [-0.4, -0.2) is 17.0 Å². The molecule has 3 nitrogen and oxygen atoms in total. The Hall–Kier alpha value is -1.63. The van der Waals surface area contributed by atoms with Crippen LogP contribution in [0.4, 0.5) is 19.0 Å². The highest BCUT2D eigenvalue weighted by atomic mass is 79.9. The lowest BCUT2D eigenvalue weighted by Crippen LogP contribution is -2.03. The molecule has 7 heteroatoms. The first kappa shape index (κ1) is 14.3. The first-order valence-electron chi connectivity index (χ1n) is 6.41. The summed E-state index contributed by atoms with van der Waals surface area (Å²) in [6, 6.07) is 1.80. The van der Waals surface area contributed by atoms with Gasteiger partial charge in [0.2, 0.25) is 0 Å². The van der Waals surface area contributed by atoms with E-state index in [9.17, 15) is 13.2 Å². The second-order valence-electron chi connectivity index (χ2n) is 4.87. The third kappa shape index (κ3) is 2.62. The number of hydrogen-bond donors (Lipinski definition) is 1. The lowest BCUT2D eigenvalue weighted by Gasteiger charge is -2.11. The van der Waals surface area contributed by atoms with Crippen molar-refractivity contribution in [2.24, 2.45) is 0 Å². The van der Waals surface area contributed by atoms with Crippen molar-refractivity contribution in [3.63, 3.8) is 0 Å². The van der Waals surface area contributed by atoms with E-state index in [0.29, 0.717) is 11.7 Å². The molecule has 1 N–H and O–H groups in total. The van der Waals surface area contributed by atoms with Crippen LogP contribution in [0, 0.1) is 17.5 Å². The van der Waals surface area contributed by atoms with Crippen molar-refractivity contribution < 1.29 is 13.2 Å². The molecule has 1 heterocycles. The number of nitrogens with zero attached hydrogens (tertiary/aromatic N) is 2. The number of nitrogens with one attached hydrogen (secondary N) is 1. The van der Waals surface area contributed by atoms with Crippen LogP contribution in [-0.2, 0) is 0 Å². The van der Waals surface area contributed by atoms with E-state index < -0.39 is 17.5 Å². The van der Waals surface area contributed by atoms with Crippen LogP contribution in [0.1, 0.15) is 24.5 Å². The zero-order valence-electron chi connectivity index (χ0n) is 11.1. The summed E-state index contributed by atoms with van der Waals surface area (Å²) in [5.74, 6) is -2.98. The number of benzene rings is 1. The fourth-order valence-corrected chi connectivity index (χ4v) is 2.77. The molecule has 1 fully saturated rings. The molecule has 1 aliphatic carbocycles. The molecule has 0 bridgehead atoms. The number of anilines is 1. The van der Waals surface area contributed by atoms with Crippen molar-refractivity contribution in [2.75, 3.05) is 12.4 Å². The van der Waals surface area contributed by atoms with Gasteiger partial charge >= 0.3 is 0 Å². The topological polar surface area (TPSA) is 37.8 Å². The summed E-state index contributed by atoms with van der Waals surface area (Å²) in [5.41, 5.74) is 0.909. The Morgan fingerprint density at radius 2 is 1.76 bits per heavy atom. The average molecular weight is 358 g/mol. The number of halogens is 4. The Morgan fingerprint density at radius 3 is 2.29 bits per heavy atom. The molecular formula is C14H11BrF3N3. The van der Waals surface area contributed by atoms with E-state index in [1.807, 2.05) is 0 Å². The summed E-state index contributed by atoms with van der Waals surface area (Å²) in [6.45, 7) is 0. The van der Waals surface area contributed by atoms with Crippen molar-refractivity contribution in [1.29, 1.82) is 0 Å². The minimum absolute atomic E-state index is 0.109. The average Bonchev–Trinajstić information content (AvgIpc) is 3.29. The van der Waals surface area contributed by atoms with E-state index in [-0.39, 0.29) is 11.4 Å². The zero-order valence-corrected chi connectivity index (χ0v) is 12.6. The second kappa shape index (κ2) is 5.29. The summed E-state index contributed by atoms with van der Waals surface area (Å²) in [4.78, 5) is 8.59. The molecule has 0 atom stereocenters. The monoisotopic (exact) mass is 357 g/mol. The molecule has 110 valence electrons. The third-order valence-electron chi connectivity index (χ3n) is 3.32. The standard InChI is InChI=1S/C14H11BrF3N3/c1-19-14-10(15)12(6-2-3-6)20-13(21-14)7-4-8(16)11(18)9(17)5-7/h4-6H,2-3H2,1H3,(H,19,20,21). The van der Waals surface area contributed by atoms with Gasteiger partial charge in [-0.15, -0.1) is 0 Å². The molecule has 0 radical (unpaired) electrons. The van der Waals surface area contributed by atoms with Crippen LogP contribution in [0.2, 0.25) is 0 Å². The molecule has 3 rings (SSSR count). The van der Waals surface area contributed by atoms with Crippen LogP contribution in [0.15, 0.2) is 16.6 Å². The van der Waals surface area contributed by atoms with Crippen molar-refractivity contribution in [1.82, 2.24) is 9.97 Å². The minimum atomic E-state index is -1.49. The highest BCUT2D eigenvalue weighted by molar-refractivity contribution is 9.10. The molecule has 0 aliphatic heterocycles. The molecule has 0 spiro atoms. The molecule has 1 aromatic carbocycles. The normalized spacial score (nSPS) is 14.3. The molecule has 0 unspecified atom stereocenters. The second-order valence-corrected chi connectivity index (χ2v) is 5.67. The predicted octanol–water partition coefficient (Wildman–Crippen LogP) is 4.24. The van der Waals surface area contributed by atoms with Gasteiger partial charge in [0.05, 0.1) is 10.2 Å². The Morgan fingerprint density at radius 1 is 1.14 bits per heavy atom. The van der Waals surface area contributed by atoms with E-state index in [2.05, 4.69) is 31.2 Å². The molecule has 2 aromatic rings. The molecular weight excluding hydrogens is 347 g/mol. The van der Waals surface area contributed by atoms with E-state index in [1.54, 1.807) is 7.05 Å². The summed E-state index contributed by atoms with van der Waals surface area (Å²) in [7, 11) is 1.69. The molecule has 21 heavy (non-hydrogen) atoms. The van der Waals surface area contributed by atoms with Gasteiger partial charge in [-0.05, 0) is 40.9 Å². The number of rotatable bonds is 3. The summed E-state index contributed by atoms with van der Waals surface area (Å²) in [6.07, 6.45) is 2.04. The lowest BCUT2D eigenvalue weighted by molar-refractivity contribution is 0.447. The molecule has 1 saturated carbocycles. The van der Waals surface area contributed by atoms with Gasteiger partial charge in [-0.25, -0.2) is 23.1 Å². The zero-order chi connectivity index (χ0) is 15.1. The van der Waals surface area contributed by atoms with Crippen LogP contribution in [0.25, 0.3) is 11.4 Å². The van der Waals surface area contributed by atoms with Crippen LogP contribution in [0.5, 0.6) is 0 Å². The fourth-order valence-electron chi connectivity index (χ4n) is 2.07. The summed E-state index contributed by atoms with van der Waals surface area (Å²) in [5, 5.41) is 2.91. The van der Waals surface area contributed by atoms with Gasteiger partial charge in [0.25, 0.3) is 0 Å². The van der Waals surface area contributed by atoms with Crippen molar-refractivity contribution >= 4 is 21.7 Å². The van der Waals surface area contributed by atoms with E-state index in [4.69, 9.17) is 0 Å². The SMILES string of the molecule is CNc1nc(-c2cc(F)c(F)c(F)c2)nc(C2CC2)c1Br. The Kier molecular flexibility index (Phi) is 3.61. The molecule has 1 aliphatic rings. The summed E-state index contributed by atoms with van der Waals surface area (Å²) >= 11 is 3.43. The Balaban J connectivity index is 2.16. The Bertz CT molecular complexity index is 694. The van der Waals surface area contributed by atoms with Crippen molar-refractivity contribution in [3.8, 4) is 11.4 Å². The lowest BCUT2D eigenvalue weighted by atomic mass is 10.1. The van der Waals surface area contributed by atoms with Gasteiger partial charge in [0, 0.05) is 18.5 Å². The highest BCUT2D eigenvalue weighted by Crippen LogP contribution is 2.44. The first-order valence-corrected chi connectivity index (χ1v) is 7.20. The van der Waals surface area contributed by atoms with Crippen molar-refractivity contribution in [3.05, 3.63) is 39.8 Å². The van der Waals surface area contributed by atoms with Gasteiger partial charge < -0.3 is 5.32 Å². The minimum Gasteiger partial charge on any atom is -0.372 e. The smallest absolute Gasteiger partial charge is 0.194 e. The maximum Gasteiger partial charge on any atom is 0.194 e. The maximum absolute atomic E-state index is 13.4. The van der Waals surface area contributed by atoms with Gasteiger partial charge in [-0.3, -0.25) is 0 Å². The Labute approximate surface area is 127 Å². The van der Waals surface area contributed by atoms with E-state index in [1.165, 1.54) is 0 Å². The fraction of sp³-hybridized carbons (Fsp3) is 0.286. The van der Waals surface area contributed by atoms with Gasteiger partial charge in [-0.2, -0.15) is 0 Å². The van der Waals surface area contributed by atoms with Gasteiger partial charge in [-0.1, -0.05) is 0 Å². The van der Waals surface area contributed by atoms with Crippen LogP contribution in [0.3, 0.4) is 0 Å². The van der Waals surface area contributed by atoms with Gasteiger partial charge in [0.1, 0.15) is 5.82 Å². The predicted molar refractivity (Wildman–Crippen MR) is 76.6 cm³/mol. The van der Waals surface area contributed by atoms with Crippen LogP contribution >= 0.6 is 15.9 Å². The quantitative estimate of drug-likeness (QED) is 0.834. The highest BCUT2D eigenvalue weighted by Gasteiger charge is 2.29.